The minimum atomic E-state index is -0.219. The molecule has 1 N–H and O–H groups in total. The number of halogens is 3. The van der Waals surface area contributed by atoms with Gasteiger partial charge >= 0.3 is 0 Å². The topological polar surface area (TPSA) is 12.0 Å². The van der Waals surface area contributed by atoms with Gasteiger partial charge in [-0.15, -0.1) is 12.4 Å². The van der Waals surface area contributed by atoms with Crippen LogP contribution >= 0.6 is 12.4 Å². The second-order valence-electron chi connectivity index (χ2n) is 4.50. The quantitative estimate of drug-likeness (QED) is 0.791. The van der Waals surface area contributed by atoms with Crippen molar-refractivity contribution < 1.29 is 8.78 Å². The standard InChI is InChI=1S/C16H17F2N.ClH/c17-15-9-7-13(8-10-15)12-19-11-3-5-14-4-1-2-6-16(14)18;/h1-2,4,6-10,19H,3,5,11-12H2;1H. The van der Waals surface area contributed by atoms with Crippen molar-refractivity contribution in [1.82, 2.24) is 5.32 Å². The van der Waals surface area contributed by atoms with Crippen LogP contribution in [-0.4, -0.2) is 6.54 Å². The van der Waals surface area contributed by atoms with E-state index in [0.29, 0.717) is 6.54 Å². The van der Waals surface area contributed by atoms with E-state index in [1.165, 1.54) is 18.2 Å². The molecule has 0 saturated carbocycles. The van der Waals surface area contributed by atoms with Crippen LogP contribution in [0.2, 0.25) is 0 Å². The summed E-state index contributed by atoms with van der Waals surface area (Å²) in [6.07, 6.45) is 1.60. The van der Waals surface area contributed by atoms with Crippen LogP contribution in [0.25, 0.3) is 0 Å². The summed E-state index contributed by atoms with van der Waals surface area (Å²) >= 11 is 0. The van der Waals surface area contributed by atoms with Gasteiger partial charge in [0.2, 0.25) is 0 Å². The molecule has 2 rings (SSSR count). The third-order valence-corrected chi connectivity index (χ3v) is 3.00. The molecule has 4 heteroatoms. The molecular formula is C16H18ClF2N. The maximum atomic E-state index is 13.3. The molecule has 108 valence electrons. The molecular weight excluding hydrogens is 280 g/mol. The average Bonchev–Trinajstić information content (AvgIpc) is 2.42. The Kier molecular flexibility index (Phi) is 7.20. The summed E-state index contributed by atoms with van der Waals surface area (Å²) in [6.45, 7) is 1.52. The van der Waals surface area contributed by atoms with Crippen LogP contribution in [0.5, 0.6) is 0 Å². The molecule has 0 amide bonds. The van der Waals surface area contributed by atoms with E-state index in [0.717, 1.165) is 30.5 Å². The number of benzene rings is 2. The Morgan fingerprint density at radius 3 is 2.30 bits per heavy atom. The van der Waals surface area contributed by atoms with Gasteiger partial charge in [-0.2, -0.15) is 0 Å². The van der Waals surface area contributed by atoms with Crippen LogP contribution in [0, 0.1) is 11.6 Å². The lowest BCUT2D eigenvalue weighted by atomic mass is 10.1. The first-order valence-corrected chi connectivity index (χ1v) is 6.44. The van der Waals surface area contributed by atoms with Crippen molar-refractivity contribution in [2.24, 2.45) is 0 Å². The number of nitrogens with one attached hydrogen (secondary N) is 1. The molecule has 0 aliphatic heterocycles. The lowest BCUT2D eigenvalue weighted by molar-refractivity contribution is 0.592. The van der Waals surface area contributed by atoms with E-state index in [1.807, 2.05) is 12.1 Å². The smallest absolute Gasteiger partial charge is 0.126 e. The highest BCUT2D eigenvalue weighted by molar-refractivity contribution is 5.85. The summed E-state index contributed by atoms with van der Waals surface area (Å²) in [4.78, 5) is 0. The summed E-state index contributed by atoms with van der Waals surface area (Å²) in [5.41, 5.74) is 1.80. The predicted molar refractivity (Wildman–Crippen MR) is 80.1 cm³/mol. The van der Waals surface area contributed by atoms with Crippen LogP contribution < -0.4 is 5.32 Å². The van der Waals surface area contributed by atoms with Crippen LogP contribution in [0.15, 0.2) is 48.5 Å². The molecule has 0 unspecified atom stereocenters. The fourth-order valence-corrected chi connectivity index (χ4v) is 1.94. The Hall–Kier alpha value is -1.45. The highest BCUT2D eigenvalue weighted by atomic mass is 35.5. The second kappa shape index (κ2) is 8.67. The van der Waals surface area contributed by atoms with Crippen molar-refractivity contribution in [3.63, 3.8) is 0 Å². The van der Waals surface area contributed by atoms with Crippen molar-refractivity contribution in [3.05, 3.63) is 71.3 Å². The van der Waals surface area contributed by atoms with Gasteiger partial charge in [-0.3, -0.25) is 0 Å². The summed E-state index contributed by atoms with van der Waals surface area (Å²) in [6, 6.07) is 13.3. The van der Waals surface area contributed by atoms with Crippen LogP contribution in [-0.2, 0) is 13.0 Å². The lowest BCUT2D eigenvalue weighted by Crippen LogP contribution is -2.15. The largest absolute Gasteiger partial charge is 0.313 e. The highest BCUT2D eigenvalue weighted by Gasteiger charge is 2.00. The van der Waals surface area contributed by atoms with E-state index in [4.69, 9.17) is 0 Å². The van der Waals surface area contributed by atoms with E-state index >= 15 is 0 Å². The Bertz CT molecular complexity index is 514. The maximum Gasteiger partial charge on any atom is 0.126 e. The van der Waals surface area contributed by atoms with Crippen molar-refractivity contribution in [2.75, 3.05) is 6.54 Å². The van der Waals surface area contributed by atoms with Crippen molar-refractivity contribution in [3.8, 4) is 0 Å². The van der Waals surface area contributed by atoms with E-state index < -0.39 is 0 Å². The molecule has 0 aliphatic carbocycles. The zero-order chi connectivity index (χ0) is 13.5. The molecule has 2 aromatic carbocycles. The van der Waals surface area contributed by atoms with Crippen LogP contribution in [0.1, 0.15) is 17.5 Å². The van der Waals surface area contributed by atoms with Gasteiger partial charge in [0.05, 0.1) is 0 Å². The molecule has 0 heterocycles. The van der Waals surface area contributed by atoms with Gasteiger partial charge in [0.25, 0.3) is 0 Å². The van der Waals surface area contributed by atoms with Crippen molar-refractivity contribution >= 4 is 12.4 Å². The molecule has 0 spiro atoms. The first kappa shape index (κ1) is 16.6. The van der Waals surface area contributed by atoms with Crippen LogP contribution in [0.3, 0.4) is 0 Å². The third-order valence-electron chi connectivity index (χ3n) is 3.00. The first-order valence-electron chi connectivity index (χ1n) is 6.44. The van der Waals surface area contributed by atoms with E-state index in [2.05, 4.69) is 5.32 Å². The maximum absolute atomic E-state index is 13.3. The van der Waals surface area contributed by atoms with E-state index in [-0.39, 0.29) is 24.0 Å². The SMILES string of the molecule is Cl.Fc1ccc(CNCCCc2ccccc2F)cc1. The average molecular weight is 298 g/mol. The van der Waals surface area contributed by atoms with Crippen molar-refractivity contribution in [2.45, 2.75) is 19.4 Å². The van der Waals surface area contributed by atoms with Gasteiger partial charge in [0.1, 0.15) is 11.6 Å². The summed E-state index contributed by atoms with van der Waals surface area (Å²) < 4.78 is 26.0. The molecule has 0 radical (unpaired) electrons. The predicted octanol–water partition coefficient (Wildman–Crippen LogP) is 4.11. The summed E-state index contributed by atoms with van der Waals surface area (Å²) in [5, 5.41) is 3.27. The normalized spacial score (nSPS) is 10.1. The lowest BCUT2D eigenvalue weighted by Gasteiger charge is -2.06. The van der Waals surface area contributed by atoms with Gasteiger partial charge in [0, 0.05) is 6.54 Å². The third kappa shape index (κ3) is 5.27. The van der Waals surface area contributed by atoms with Gasteiger partial charge < -0.3 is 5.32 Å². The molecule has 0 aliphatic rings. The number of hydrogen-bond acceptors (Lipinski definition) is 1. The molecule has 0 saturated heterocycles. The first-order chi connectivity index (χ1) is 9.25. The fraction of sp³-hybridized carbons (Fsp3) is 0.250. The molecule has 2 aromatic rings. The Balaban J connectivity index is 0.00000200. The molecule has 20 heavy (non-hydrogen) atoms. The number of hydrogen-bond donors (Lipinski definition) is 1. The highest BCUT2D eigenvalue weighted by Crippen LogP contribution is 2.08. The minimum Gasteiger partial charge on any atom is -0.313 e. The van der Waals surface area contributed by atoms with Gasteiger partial charge in [0.15, 0.2) is 0 Å². The zero-order valence-electron chi connectivity index (χ0n) is 11.1. The molecule has 1 nitrogen and oxygen atoms in total. The van der Waals surface area contributed by atoms with Gasteiger partial charge in [-0.05, 0) is 48.7 Å². The zero-order valence-corrected chi connectivity index (χ0v) is 11.9. The molecule has 0 atom stereocenters. The molecule has 0 bridgehead atoms. The van der Waals surface area contributed by atoms with Crippen LogP contribution in [0.4, 0.5) is 8.78 Å². The number of rotatable bonds is 6. The summed E-state index contributed by atoms with van der Waals surface area (Å²) in [7, 11) is 0. The van der Waals surface area contributed by atoms with E-state index in [1.54, 1.807) is 18.2 Å². The second-order valence-corrected chi connectivity index (χ2v) is 4.50. The Morgan fingerprint density at radius 1 is 0.900 bits per heavy atom. The Morgan fingerprint density at radius 2 is 1.60 bits per heavy atom. The number of aryl methyl sites for hydroxylation is 1. The summed E-state index contributed by atoms with van der Waals surface area (Å²) in [5.74, 6) is -0.357. The monoisotopic (exact) mass is 297 g/mol. The van der Waals surface area contributed by atoms with E-state index in [9.17, 15) is 8.78 Å². The van der Waals surface area contributed by atoms with Gasteiger partial charge in [-0.25, -0.2) is 8.78 Å². The Labute approximate surface area is 124 Å². The van der Waals surface area contributed by atoms with Crippen molar-refractivity contribution in [1.29, 1.82) is 0 Å². The molecule has 0 aromatic heterocycles. The molecule has 0 fully saturated rings. The van der Waals surface area contributed by atoms with Gasteiger partial charge in [-0.1, -0.05) is 30.3 Å². The fourth-order valence-electron chi connectivity index (χ4n) is 1.94. The minimum absolute atomic E-state index is 0.